The summed E-state index contributed by atoms with van der Waals surface area (Å²) in [7, 11) is -2.84. The van der Waals surface area contributed by atoms with Crippen LogP contribution in [0.4, 0.5) is 0 Å². The molecule has 2 aliphatic rings. The molecule has 1 aliphatic carbocycles. The van der Waals surface area contributed by atoms with Crippen LogP contribution in [-0.2, 0) is 9.84 Å². The zero-order valence-electron chi connectivity index (χ0n) is 14.1. The molecule has 0 radical (unpaired) electrons. The third-order valence-corrected chi connectivity index (χ3v) is 7.49. The van der Waals surface area contributed by atoms with E-state index in [1.807, 2.05) is 0 Å². The Labute approximate surface area is 130 Å². The summed E-state index contributed by atoms with van der Waals surface area (Å²) in [6.45, 7) is 11.6. The van der Waals surface area contributed by atoms with Crippen LogP contribution in [0.2, 0.25) is 0 Å². The molecule has 0 bridgehead atoms. The van der Waals surface area contributed by atoms with Crippen LogP contribution in [0.15, 0.2) is 0 Å². The minimum atomic E-state index is -2.84. The lowest BCUT2D eigenvalue weighted by Crippen LogP contribution is -2.69. The summed E-state index contributed by atoms with van der Waals surface area (Å²) in [5.74, 6) is 1.38. The Morgan fingerprint density at radius 2 is 1.90 bits per heavy atom. The Bertz CT molecular complexity index is 461. The van der Waals surface area contributed by atoms with Crippen LogP contribution in [-0.4, -0.2) is 55.5 Å². The quantitative estimate of drug-likeness (QED) is 0.781. The summed E-state index contributed by atoms with van der Waals surface area (Å²) < 4.78 is 23.4. The van der Waals surface area contributed by atoms with Gasteiger partial charge in [-0.25, -0.2) is 8.42 Å². The van der Waals surface area contributed by atoms with Crippen molar-refractivity contribution in [2.75, 3.05) is 31.1 Å². The van der Waals surface area contributed by atoms with E-state index in [1.54, 1.807) is 6.92 Å². The first-order valence-electron chi connectivity index (χ1n) is 8.45. The topological polar surface area (TPSA) is 49.4 Å². The maximum atomic E-state index is 11.7. The number of hydrogen-bond donors (Lipinski definition) is 1. The van der Waals surface area contributed by atoms with E-state index < -0.39 is 9.84 Å². The van der Waals surface area contributed by atoms with Gasteiger partial charge in [-0.05, 0) is 52.0 Å². The maximum absolute atomic E-state index is 11.7. The van der Waals surface area contributed by atoms with E-state index in [2.05, 4.69) is 31.0 Å². The number of rotatable bonds is 7. The molecular weight excluding hydrogens is 284 g/mol. The Balaban J connectivity index is 2.00. The Hall–Kier alpha value is -0.130. The van der Waals surface area contributed by atoms with Crippen LogP contribution in [0.3, 0.4) is 0 Å². The van der Waals surface area contributed by atoms with Crippen LogP contribution >= 0.6 is 0 Å². The second-order valence-corrected chi connectivity index (χ2v) is 9.88. The summed E-state index contributed by atoms with van der Waals surface area (Å²) in [4.78, 5) is 2.58. The van der Waals surface area contributed by atoms with Crippen molar-refractivity contribution in [3.05, 3.63) is 0 Å². The molecule has 1 saturated carbocycles. The van der Waals surface area contributed by atoms with Gasteiger partial charge in [0.1, 0.15) is 9.84 Å². The lowest BCUT2D eigenvalue weighted by Gasteiger charge is -2.53. The zero-order chi connectivity index (χ0) is 15.7. The number of nitrogens with one attached hydrogen (secondary N) is 1. The van der Waals surface area contributed by atoms with Gasteiger partial charge in [0, 0.05) is 29.9 Å². The lowest BCUT2D eigenvalue weighted by molar-refractivity contribution is 0.00548. The van der Waals surface area contributed by atoms with Gasteiger partial charge in [-0.1, -0.05) is 13.8 Å². The molecule has 2 atom stereocenters. The fourth-order valence-corrected chi connectivity index (χ4v) is 4.32. The second kappa shape index (κ2) is 6.17. The van der Waals surface area contributed by atoms with Gasteiger partial charge in [-0.3, -0.25) is 4.90 Å². The van der Waals surface area contributed by atoms with Crippen LogP contribution in [0.5, 0.6) is 0 Å². The van der Waals surface area contributed by atoms with Crippen molar-refractivity contribution in [3.63, 3.8) is 0 Å². The predicted molar refractivity (Wildman–Crippen MR) is 88.3 cm³/mol. The minimum Gasteiger partial charge on any atom is -0.308 e. The van der Waals surface area contributed by atoms with E-state index in [9.17, 15) is 8.42 Å². The number of piperazine rings is 1. The van der Waals surface area contributed by atoms with Crippen molar-refractivity contribution in [2.45, 2.75) is 64.5 Å². The minimum absolute atomic E-state index is 0.165. The largest absolute Gasteiger partial charge is 0.308 e. The highest BCUT2D eigenvalue weighted by Crippen LogP contribution is 2.45. The third kappa shape index (κ3) is 3.99. The Morgan fingerprint density at radius 3 is 2.43 bits per heavy atom. The number of nitrogens with zero attached hydrogens (tertiary/aromatic N) is 1. The molecule has 0 spiro atoms. The molecule has 2 unspecified atom stereocenters. The summed E-state index contributed by atoms with van der Waals surface area (Å²) in [6, 6.07) is 0. The molecule has 1 N–H and O–H groups in total. The molecule has 21 heavy (non-hydrogen) atoms. The van der Waals surface area contributed by atoms with Gasteiger partial charge in [-0.15, -0.1) is 0 Å². The van der Waals surface area contributed by atoms with E-state index in [4.69, 9.17) is 0 Å². The molecule has 0 aromatic carbocycles. The summed E-state index contributed by atoms with van der Waals surface area (Å²) in [5.41, 5.74) is 0.378. The summed E-state index contributed by atoms with van der Waals surface area (Å²) in [6.07, 6.45) is 4.52. The van der Waals surface area contributed by atoms with E-state index in [-0.39, 0.29) is 16.8 Å². The first-order chi connectivity index (χ1) is 9.75. The molecular formula is C16H32N2O2S. The standard InChI is InChI=1S/C16H32N2O2S/c1-5-15(3)13-18(10-7-11-21(19,20)6-2)16(4,12-17-15)14-8-9-14/h14,17H,5-13H2,1-4H3. The highest BCUT2D eigenvalue weighted by Gasteiger charge is 2.50. The molecule has 2 rings (SSSR count). The summed E-state index contributed by atoms with van der Waals surface area (Å²) >= 11 is 0. The maximum Gasteiger partial charge on any atom is 0.150 e. The fourth-order valence-electron chi connectivity index (χ4n) is 3.46. The van der Waals surface area contributed by atoms with Crippen molar-refractivity contribution < 1.29 is 8.42 Å². The van der Waals surface area contributed by atoms with Gasteiger partial charge in [0.05, 0.1) is 5.75 Å². The lowest BCUT2D eigenvalue weighted by atomic mass is 9.84. The number of hydrogen-bond acceptors (Lipinski definition) is 4. The van der Waals surface area contributed by atoms with Gasteiger partial charge >= 0.3 is 0 Å². The van der Waals surface area contributed by atoms with Crippen LogP contribution < -0.4 is 5.32 Å². The van der Waals surface area contributed by atoms with Gasteiger partial charge in [0.2, 0.25) is 0 Å². The van der Waals surface area contributed by atoms with E-state index in [0.717, 1.165) is 38.4 Å². The average Bonchev–Trinajstić information content (AvgIpc) is 3.28. The molecule has 5 heteroatoms. The normalized spacial score (nSPS) is 35.0. The fraction of sp³-hybridized carbons (Fsp3) is 1.00. The van der Waals surface area contributed by atoms with E-state index >= 15 is 0 Å². The third-order valence-electron chi connectivity index (χ3n) is 5.70. The number of sulfone groups is 1. The van der Waals surface area contributed by atoms with Crippen molar-refractivity contribution in [1.29, 1.82) is 0 Å². The first kappa shape index (κ1) is 17.2. The van der Waals surface area contributed by atoms with Gasteiger partial charge < -0.3 is 5.32 Å². The van der Waals surface area contributed by atoms with Crippen molar-refractivity contribution in [2.24, 2.45) is 5.92 Å². The van der Waals surface area contributed by atoms with Crippen LogP contribution in [0.25, 0.3) is 0 Å². The molecule has 1 saturated heterocycles. The van der Waals surface area contributed by atoms with Crippen LogP contribution in [0.1, 0.15) is 53.4 Å². The van der Waals surface area contributed by atoms with Gasteiger partial charge in [-0.2, -0.15) is 0 Å². The van der Waals surface area contributed by atoms with Crippen molar-refractivity contribution >= 4 is 9.84 Å². The molecule has 0 aromatic heterocycles. The Kier molecular flexibility index (Phi) is 5.06. The van der Waals surface area contributed by atoms with Gasteiger partial charge in [0.25, 0.3) is 0 Å². The van der Waals surface area contributed by atoms with Crippen LogP contribution in [0, 0.1) is 5.92 Å². The SMILES string of the molecule is CCC1(C)CN(CCCS(=O)(=O)CC)C(C)(C2CC2)CN1. The van der Waals surface area contributed by atoms with Gasteiger partial charge in [0.15, 0.2) is 0 Å². The van der Waals surface area contributed by atoms with Crippen molar-refractivity contribution in [1.82, 2.24) is 10.2 Å². The first-order valence-corrected chi connectivity index (χ1v) is 10.3. The van der Waals surface area contributed by atoms with E-state index in [1.165, 1.54) is 12.8 Å². The predicted octanol–water partition coefficient (Wildman–Crippen LogP) is 2.05. The molecule has 0 aromatic rings. The highest BCUT2D eigenvalue weighted by atomic mass is 32.2. The molecule has 1 aliphatic heterocycles. The monoisotopic (exact) mass is 316 g/mol. The molecule has 2 fully saturated rings. The molecule has 0 amide bonds. The Morgan fingerprint density at radius 1 is 1.24 bits per heavy atom. The second-order valence-electron chi connectivity index (χ2n) is 7.41. The molecule has 124 valence electrons. The molecule has 1 heterocycles. The zero-order valence-corrected chi connectivity index (χ0v) is 14.9. The summed E-state index contributed by atoms with van der Waals surface area (Å²) in [5, 5.41) is 3.74. The van der Waals surface area contributed by atoms with E-state index in [0.29, 0.717) is 5.75 Å². The molecule has 4 nitrogen and oxygen atoms in total. The average molecular weight is 317 g/mol. The highest BCUT2D eigenvalue weighted by molar-refractivity contribution is 7.91. The van der Waals surface area contributed by atoms with Crippen molar-refractivity contribution in [3.8, 4) is 0 Å². The smallest absolute Gasteiger partial charge is 0.150 e.